The van der Waals surface area contributed by atoms with Crippen LogP contribution in [0.4, 0.5) is 5.82 Å². The van der Waals surface area contributed by atoms with Crippen molar-refractivity contribution in [1.82, 2.24) is 23.9 Å². The minimum Gasteiger partial charge on any atom is -0.492 e. The summed E-state index contributed by atoms with van der Waals surface area (Å²) >= 11 is 0. The van der Waals surface area contributed by atoms with Gasteiger partial charge in [0.05, 0.1) is 5.52 Å². The second kappa shape index (κ2) is 10.7. The number of carbonyl (C=O) groups excluding carboxylic acids is 2. The van der Waals surface area contributed by atoms with Crippen molar-refractivity contribution in [3.8, 4) is 5.75 Å². The Bertz CT molecular complexity index is 1260. The lowest BCUT2D eigenvalue weighted by Crippen LogP contribution is -2.49. The van der Waals surface area contributed by atoms with E-state index in [0.29, 0.717) is 36.7 Å². The van der Waals surface area contributed by atoms with Crippen LogP contribution in [-0.4, -0.2) is 75.1 Å². The van der Waals surface area contributed by atoms with Crippen molar-refractivity contribution < 1.29 is 14.3 Å². The second-order valence-corrected chi connectivity index (χ2v) is 8.87. The van der Waals surface area contributed by atoms with Gasteiger partial charge in [0.15, 0.2) is 5.65 Å². The molecular weight excluding hydrogens is 448 g/mol. The van der Waals surface area contributed by atoms with Gasteiger partial charge in [0, 0.05) is 59.7 Å². The van der Waals surface area contributed by atoms with Crippen molar-refractivity contribution >= 4 is 28.8 Å². The number of pyridine rings is 1. The van der Waals surface area contributed by atoms with Crippen LogP contribution in [0.2, 0.25) is 0 Å². The molecule has 0 atom stereocenters. The standard InChI is InChI=1S/C25H32N6O4/c1-18-4-6-19(7-5-18)35-17-16-30-12-14-31(15-13-30)23(33)11-10-22(32)26-21-9-8-20-24(27-21)29(3)25(34)28(20)2/h4-9H,10-17H2,1-3H3,(H,26,27,32). The Morgan fingerprint density at radius 2 is 1.69 bits per heavy atom. The average Bonchev–Trinajstić information content (AvgIpc) is 3.07. The van der Waals surface area contributed by atoms with Crippen LogP contribution in [0, 0.1) is 6.92 Å². The molecule has 0 unspecified atom stereocenters. The molecule has 0 saturated carbocycles. The fourth-order valence-corrected chi connectivity index (χ4v) is 4.17. The summed E-state index contributed by atoms with van der Waals surface area (Å²) in [5.74, 6) is 0.922. The first kappa shape index (κ1) is 24.5. The maximum absolute atomic E-state index is 12.6. The van der Waals surface area contributed by atoms with Crippen LogP contribution in [0.1, 0.15) is 18.4 Å². The third-order valence-electron chi connectivity index (χ3n) is 6.36. The van der Waals surface area contributed by atoms with Gasteiger partial charge in [-0.3, -0.25) is 23.6 Å². The van der Waals surface area contributed by atoms with Crippen LogP contribution in [0.3, 0.4) is 0 Å². The van der Waals surface area contributed by atoms with Gasteiger partial charge in [-0.1, -0.05) is 17.7 Å². The van der Waals surface area contributed by atoms with E-state index in [1.54, 1.807) is 26.2 Å². The molecule has 1 aliphatic rings. The summed E-state index contributed by atoms with van der Waals surface area (Å²) in [6.45, 7) is 6.32. The fraction of sp³-hybridized carbons (Fsp3) is 0.440. The highest BCUT2D eigenvalue weighted by atomic mass is 16.5. The number of carbonyl (C=O) groups is 2. The normalized spacial score (nSPS) is 14.3. The van der Waals surface area contributed by atoms with E-state index < -0.39 is 0 Å². The number of amides is 2. The highest BCUT2D eigenvalue weighted by Crippen LogP contribution is 2.14. The Morgan fingerprint density at radius 1 is 0.971 bits per heavy atom. The number of hydrogen-bond donors (Lipinski definition) is 1. The molecule has 1 aliphatic heterocycles. The summed E-state index contributed by atoms with van der Waals surface area (Å²) in [7, 11) is 3.31. The minimum atomic E-state index is -0.280. The first-order valence-corrected chi connectivity index (χ1v) is 11.8. The zero-order chi connectivity index (χ0) is 24.9. The SMILES string of the molecule is Cc1ccc(OCCN2CCN(C(=O)CCC(=O)Nc3ccc4c(n3)n(C)c(=O)n4C)CC2)cc1. The lowest BCUT2D eigenvalue weighted by molar-refractivity contribution is -0.134. The third-order valence-corrected chi connectivity index (χ3v) is 6.36. The molecule has 0 bridgehead atoms. The molecule has 4 rings (SSSR count). The largest absolute Gasteiger partial charge is 0.492 e. The van der Waals surface area contributed by atoms with Crippen LogP contribution in [-0.2, 0) is 23.7 Å². The van der Waals surface area contributed by atoms with Gasteiger partial charge in [0.1, 0.15) is 18.2 Å². The minimum absolute atomic E-state index is 0.0235. The summed E-state index contributed by atoms with van der Waals surface area (Å²) in [4.78, 5) is 45.5. The molecule has 186 valence electrons. The highest BCUT2D eigenvalue weighted by Gasteiger charge is 2.21. The van der Waals surface area contributed by atoms with E-state index in [9.17, 15) is 14.4 Å². The molecule has 1 aromatic carbocycles. The first-order valence-electron chi connectivity index (χ1n) is 11.8. The molecule has 0 aliphatic carbocycles. The van der Waals surface area contributed by atoms with Crippen molar-refractivity contribution in [2.24, 2.45) is 14.1 Å². The molecule has 2 amide bonds. The maximum Gasteiger partial charge on any atom is 0.329 e. The van der Waals surface area contributed by atoms with Gasteiger partial charge in [-0.2, -0.15) is 0 Å². The summed E-state index contributed by atoms with van der Waals surface area (Å²) in [5, 5.41) is 2.73. The van der Waals surface area contributed by atoms with Gasteiger partial charge < -0.3 is 15.0 Å². The third kappa shape index (κ3) is 5.89. The molecule has 0 radical (unpaired) electrons. The molecule has 10 heteroatoms. The number of nitrogens with one attached hydrogen (secondary N) is 1. The Morgan fingerprint density at radius 3 is 2.40 bits per heavy atom. The molecule has 3 aromatic rings. The summed E-state index contributed by atoms with van der Waals surface area (Å²) < 4.78 is 8.74. The van der Waals surface area contributed by atoms with E-state index >= 15 is 0 Å². The van der Waals surface area contributed by atoms with Gasteiger partial charge in [-0.25, -0.2) is 9.78 Å². The lowest BCUT2D eigenvalue weighted by Gasteiger charge is -2.34. The molecule has 1 N–H and O–H groups in total. The Balaban J connectivity index is 1.17. The Kier molecular flexibility index (Phi) is 7.50. The summed E-state index contributed by atoms with van der Waals surface area (Å²) in [5.41, 5.74) is 2.20. The van der Waals surface area contributed by atoms with E-state index in [4.69, 9.17) is 4.74 Å². The molecule has 1 fully saturated rings. The van der Waals surface area contributed by atoms with E-state index in [1.807, 2.05) is 36.1 Å². The Hall–Kier alpha value is -3.66. The number of anilines is 1. The lowest BCUT2D eigenvalue weighted by atomic mass is 10.2. The van der Waals surface area contributed by atoms with E-state index in [1.165, 1.54) is 14.7 Å². The summed E-state index contributed by atoms with van der Waals surface area (Å²) in [6, 6.07) is 11.4. The number of rotatable bonds is 8. The monoisotopic (exact) mass is 480 g/mol. The number of aryl methyl sites for hydroxylation is 3. The molecular formula is C25H32N6O4. The van der Waals surface area contributed by atoms with E-state index in [2.05, 4.69) is 15.2 Å². The number of piperazine rings is 1. The Labute approximate surface area is 204 Å². The number of hydrogen-bond acceptors (Lipinski definition) is 6. The van der Waals surface area contributed by atoms with Crippen molar-refractivity contribution in [1.29, 1.82) is 0 Å². The van der Waals surface area contributed by atoms with E-state index in [0.717, 1.165) is 25.4 Å². The van der Waals surface area contributed by atoms with Gasteiger partial charge >= 0.3 is 5.69 Å². The molecule has 35 heavy (non-hydrogen) atoms. The zero-order valence-corrected chi connectivity index (χ0v) is 20.5. The topological polar surface area (TPSA) is 102 Å². The highest BCUT2D eigenvalue weighted by molar-refractivity contribution is 5.93. The number of ether oxygens (including phenoxy) is 1. The van der Waals surface area contributed by atoms with Crippen LogP contribution >= 0.6 is 0 Å². The van der Waals surface area contributed by atoms with Gasteiger partial charge in [-0.05, 0) is 31.2 Å². The van der Waals surface area contributed by atoms with Crippen LogP contribution < -0.4 is 15.7 Å². The zero-order valence-electron chi connectivity index (χ0n) is 20.5. The fourth-order valence-electron chi connectivity index (χ4n) is 4.17. The van der Waals surface area contributed by atoms with Crippen molar-refractivity contribution in [2.75, 3.05) is 44.6 Å². The number of nitrogens with zero attached hydrogens (tertiary/aromatic N) is 5. The smallest absolute Gasteiger partial charge is 0.329 e. The van der Waals surface area contributed by atoms with Gasteiger partial charge in [0.25, 0.3) is 0 Å². The number of benzene rings is 1. The van der Waals surface area contributed by atoms with Crippen molar-refractivity contribution in [2.45, 2.75) is 19.8 Å². The molecule has 10 nitrogen and oxygen atoms in total. The summed E-state index contributed by atoms with van der Waals surface area (Å²) in [6.07, 6.45) is 0.227. The van der Waals surface area contributed by atoms with E-state index in [-0.39, 0.29) is 30.3 Å². The van der Waals surface area contributed by atoms with Gasteiger partial charge in [0.2, 0.25) is 11.8 Å². The second-order valence-electron chi connectivity index (χ2n) is 8.87. The average molecular weight is 481 g/mol. The predicted octanol–water partition coefficient (Wildman–Crippen LogP) is 1.52. The maximum atomic E-state index is 12.6. The van der Waals surface area contributed by atoms with Crippen molar-refractivity contribution in [3.63, 3.8) is 0 Å². The molecule has 0 spiro atoms. The van der Waals surface area contributed by atoms with Crippen LogP contribution in [0.15, 0.2) is 41.2 Å². The van der Waals surface area contributed by atoms with Crippen LogP contribution in [0.5, 0.6) is 5.75 Å². The van der Waals surface area contributed by atoms with Gasteiger partial charge in [-0.15, -0.1) is 0 Å². The molecule has 3 heterocycles. The first-order chi connectivity index (χ1) is 16.8. The molecule has 2 aromatic heterocycles. The number of imidazole rings is 1. The molecule has 1 saturated heterocycles. The quantitative estimate of drug-likeness (QED) is 0.525. The number of aromatic nitrogens is 3. The van der Waals surface area contributed by atoms with Crippen molar-refractivity contribution in [3.05, 3.63) is 52.4 Å². The number of fused-ring (bicyclic) bond motifs is 1. The van der Waals surface area contributed by atoms with Crippen LogP contribution in [0.25, 0.3) is 11.2 Å². The predicted molar refractivity (Wildman–Crippen MR) is 134 cm³/mol.